The molecule has 5 nitrogen and oxygen atoms in total. The van der Waals surface area contributed by atoms with Crippen LogP contribution in [0.25, 0.3) is 10.9 Å². The van der Waals surface area contributed by atoms with Crippen molar-refractivity contribution in [3.8, 4) is 0 Å². The molecule has 0 N–H and O–H groups in total. The first-order valence-electron chi connectivity index (χ1n) is 6.37. The molecule has 0 aliphatic heterocycles. The van der Waals surface area contributed by atoms with Gasteiger partial charge >= 0.3 is 0 Å². The fourth-order valence-corrected chi connectivity index (χ4v) is 2.10. The second-order valence-corrected chi connectivity index (χ2v) is 4.51. The predicted octanol–water partition coefficient (Wildman–Crippen LogP) is 3.31. The van der Waals surface area contributed by atoms with Crippen molar-refractivity contribution < 1.29 is 9.72 Å². The van der Waals surface area contributed by atoms with E-state index in [1.165, 1.54) is 6.07 Å². The Morgan fingerprint density at radius 2 is 2.16 bits per heavy atom. The van der Waals surface area contributed by atoms with Gasteiger partial charge < -0.3 is 4.57 Å². The molecule has 2 rings (SSSR count). The third-order valence-electron chi connectivity index (χ3n) is 3.22. The number of Topliss-reactive ketones (excluding diaryl/α,β-unsaturated/α-hetero) is 1. The van der Waals surface area contributed by atoms with Crippen LogP contribution in [0.1, 0.15) is 26.2 Å². The van der Waals surface area contributed by atoms with E-state index in [4.69, 9.17) is 0 Å². The summed E-state index contributed by atoms with van der Waals surface area (Å²) in [7, 11) is 0. The van der Waals surface area contributed by atoms with Gasteiger partial charge in [-0.1, -0.05) is 6.92 Å². The molecule has 0 unspecified atom stereocenters. The van der Waals surface area contributed by atoms with Gasteiger partial charge in [-0.15, -0.1) is 0 Å². The Hall–Kier alpha value is -2.17. The molecular weight excluding hydrogens is 244 g/mol. The van der Waals surface area contributed by atoms with Crippen molar-refractivity contribution >= 4 is 22.4 Å². The number of nitrogens with zero attached hydrogens (tertiary/aromatic N) is 2. The summed E-state index contributed by atoms with van der Waals surface area (Å²) in [6, 6.07) is 6.77. The third kappa shape index (κ3) is 2.99. The van der Waals surface area contributed by atoms with Crippen LogP contribution in [0.5, 0.6) is 0 Å². The molecule has 19 heavy (non-hydrogen) atoms. The Morgan fingerprint density at radius 1 is 1.37 bits per heavy atom. The highest BCUT2D eigenvalue weighted by Crippen LogP contribution is 2.22. The van der Waals surface area contributed by atoms with Crippen molar-refractivity contribution in [2.75, 3.05) is 0 Å². The van der Waals surface area contributed by atoms with Gasteiger partial charge in [-0.2, -0.15) is 0 Å². The first kappa shape index (κ1) is 13.3. The van der Waals surface area contributed by atoms with Gasteiger partial charge in [-0.3, -0.25) is 14.9 Å². The molecule has 2 aromatic rings. The summed E-state index contributed by atoms with van der Waals surface area (Å²) >= 11 is 0. The lowest BCUT2D eigenvalue weighted by Gasteiger charge is -2.04. The number of non-ortho nitro benzene ring substituents is 1. The van der Waals surface area contributed by atoms with Crippen LogP contribution in [0.15, 0.2) is 30.5 Å². The summed E-state index contributed by atoms with van der Waals surface area (Å²) in [5.74, 6) is 0.252. The summed E-state index contributed by atoms with van der Waals surface area (Å²) in [5.41, 5.74) is 0.940. The van der Waals surface area contributed by atoms with E-state index < -0.39 is 4.92 Å². The molecule has 5 heteroatoms. The Bertz CT molecular complexity index is 616. The largest absolute Gasteiger partial charge is 0.347 e. The number of benzene rings is 1. The summed E-state index contributed by atoms with van der Waals surface area (Å²) in [4.78, 5) is 21.6. The summed E-state index contributed by atoms with van der Waals surface area (Å²) in [6.45, 7) is 2.56. The molecule has 0 aliphatic carbocycles. The van der Waals surface area contributed by atoms with Gasteiger partial charge in [-0.25, -0.2) is 0 Å². The Balaban J connectivity index is 2.16. The minimum atomic E-state index is -0.391. The van der Waals surface area contributed by atoms with E-state index in [0.717, 1.165) is 17.3 Å². The molecule has 1 aromatic heterocycles. The van der Waals surface area contributed by atoms with E-state index in [0.29, 0.717) is 19.4 Å². The lowest BCUT2D eigenvalue weighted by Crippen LogP contribution is -2.01. The van der Waals surface area contributed by atoms with E-state index in [-0.39, 0.29) is 11.5 Å². The maximum atomic E-state index is 11.2. The molecule has 0 aliphatic rings. The third-order valence-corrected chi connectivity index (χ3v) is 3.22. The van der Waals surface area contributed by atoms with E-state index in [9.17, 15) is 14.9 Å². The van der Waals surface area contributed by atoms with Crippen LogP contribution in [0.2, 0.25) is 0 Å². The van der Waals surface area contributed by atoms with Crippen LogP contribution >= 0.6 is 0 Å². The van der Waals surface area contributed by atoms with Crippen molar-refractivity contribution in [1.29, 1.82) is 0 Å². The monoisotopic (exact) mass is 260 g/mol. The van der Waals surface area contributed by atoms with Crippen LogP contribution in [-0.4, -0.2) is 15.3 Å². The van der Waals surface area contributed by atoms with Crippen molar-refractivity contribution in [3.63, 3.8) is 0 Å². The molecule has 1 aromatic carbocycles. The molecule has 0 amide bonds. The standard InChI is InChI=1S/C14H16N2O3/c1-2-13(17)4-3-8-15-9-7-11-5-6-12(16(18)19)10-14(11)15/h5-7,9-10H,2-4,8H2,1H3. The van der Waals surface area contributed by atoms with E-state index in [1.807, 2.05) is 23.8 Å². The predicted molar refractivity (Wildman–Crippen MR) is 73.1 cm³/mol. The van der Waals surface area contributed by atoms with E-state index in [1.54, 1.807) is 12.1 Å². The molecule has 0 fully saturated rings. The molecule has 0 saturated carbocycles. The molecular formula is C14H16N2O3. The Morgan fingerprint density at radius 3 is 2.84 bits per heavy atom. The first-order valence-corrected chi connectivity index (χ1v) is 6.37. The van der Waals surface area contributed by atoms with Gasteiger partial charge in [0.25, 0.3) is 5.69 Å². The topological polar surface area (TPSA) is 65.1 Å². The summed E-state index contributed by atoms with van der Waals surface area (Å²) in [5, 5.41) is 11.8. The molecule has 0 bridgehead atoms. The lowest BCUT2D eigenvalue weighted by molar-refractivity contribution is -0.384. The molecule has 1 heterocycles. The number of hydrogen-bond donors (Lipinski definition) is 0. The minimum Gasteiger partial charge on any atom is -0.347 e. The first-order chi connectivity index (χ1) is 9.11. The van der Waals surface area contributed by atoms with Crippen LogP contribution in [0, 0.1) is 10.1 Å². The van der Waals surface area contributed by atoms with E-state index >= 15 is 0 Å². The number of fused-ring (bicyclic) bond motifs is 1. The number of hydrogen-bond acceptors (Lipinski definition) is 3. The molecule has 0 atom stereocenters. The van der Waals surface area contributed by atoms with Gasteiger partial charge in [0.05, 0.1) is 10.4 Å². The molecule has 100 valence electrons. The fourth-order valence-electron chi connectivity index (χ4n) is 2.10. The smallest absolute Gasteiger partial charge is 0.271 e. The van der Waals surface area contributed by atoms with Crippen molar-refractivity contribution in [3.05, 3.63) is 40.6 Å². The summed E-state index contributed by atoms with van der Waals surface area (Å²) < 4.78 is 1.96. The van der Waals surface area contributed by atoms with Gasteiger partial charge in [0.2, 0.25) is 0 Å². The number of aromatic nitrogens is 1. The summed E-state index contributed by atoms with van der Waals surface area (Å²) in [6.07, 6.45) is 3.80. The highest BCUT2D eigenvalue weighted by atomic mass is 16.6. The maximum Gasteiger partial charge on any atom is 0.271 e. The van der Waals surface area contributed by atoms with Crippen LogP contribution in [0.4, 0.5) is 5.69 Å². The van der Waals surface area contributed by atoms with Crippen LogP contribution < -0.4 is 0 Å². The number of rotatable bonds is 6. The maximum absolute atomic E-state index is 11.2. The average molecular weight is 260 g/mol. The quantitative estimate of drug-likeness (QED) is 0.591. The van der Waals surface area contributed by atoms with E-state index in [2.05, 4.69) is 0 Å². The van der Waals surface area contributed by atoms with Gasteiger partial charge in [0.15, 0.2) is 0 Å². The minimum absolute atomic E-state index is 0.0945. The molecule has 0 radical (unpaired) electrons. The van der Waals surface area contributed by atoms with Gasteiger partial charge in [0, 0.05) is 43.1 Å². The highest BCUT2D eigenvalue weighted by Gasteiger charge is 2.09. The van der Waals surface area contributed by atoms with Gasteiger partial charge in [0.1, 0.15) is 5.78 Å². The van der Waals surface area contributed by atoms with Crippen molar-refractivity contribution in [2.24, 2.45) is 0 Å². The Labute approximate surface area is 111 Å². The highest BCUT2D eigenvalue weighted by molar-refractivity contribution is 5.82. The van der Waals surface area contributed by atoms with Gasteiger partial charge in [-0.05, 0) is 18.6 Å². The Kier molecular flexibility index (Phi) is 3.94. The average Bonchev–Trinajstić information content (AvgIpc) is 2.81. The fraction of sp³-hybridized carbons (Fsp3) is 0.357. The number of carbonyl (C=O) groups is 1. The SMILES string of the molecule is CCC(=O)CCCn1ccc2ccc([N+](=O)[O-])cc21. The number of carbonyl (C=O) groups excluding carboxylic acids is 1. The lowest BCUT2D eigenvalue weighted by atomic mass is 10.2. The number of aryl methyl sites for hydroxylation is 1. The van der Waals surface area contributed by atoms with Crippen molar-refractivity contribution in [2.45, 2.75) is 32.7 Å². The molecule has 0 saturated heterocycles. The number of nitro groups is 1. The zero-order valence-electron chi connectivity index (χ0n) is 10.8. The zero-order valence-corrected chi connectivity index (χ0v) is 10.8. The second kappa shape index (κ2) is 5.65. The number of ketones is 1. The second-order valence-electron chi connectivity index (χ2n) is 4.51. The zero-order chi connectivity index (χ0) is 13.8. The van der Waals surface area contributed by atoms with Crippen molar-refractivity contribution in [1.82, 2.24) is 4.57 Å². The molecule has 0 spiro atoms. The van der Waals surface area contributed by atoms with Crippen LogP contribution in [0.3, 0.4) is 0 Å². The normalized spacial score (nSPS) is 10.8. The van der Waals surface area contributed by atoms with Crippen LogP contribution in [-0.2, 0) is 11.3 Å². The number of nitro benzene ring substituents is 1.